The van der Waals surface area contributed by atoms with Gasteiger partial charge in [-0.15, -0.1) is 0 Å². The molecular weight excluding hydrogens is 360 g/mol. The number of nitrogens with two attached hydrogens (primary N) is 2. The van der Waals surface area contributed by atoms with Gasteiger partial charge >= 0.3 is 17.9 Å². The van der Waals surface area contributed by atoms with E-state index in [1.165, 1.54) is 0 Å². The molecule has 0 heterocycles. The molecule has 13 heteroatoms. The number of hydrogen-bond acceptors (Lipinski definition) is 8. The van der Waals surface area contributed by atoms with Crippen LogP contribution in [0.25, 0.3) is 0 Å². The molecule has 2 atom stereocenters. The van der Waals surface area contributed by atoms with Crippen molar-refractivity contribution in [1.82, 2.24) is 10.6 Å². The van der Waals surface area contributed by atoms with Crippen molar-refractivity contribution < 1.29 is 39.3 Å². The van der Waals surface area contributed by atoms with Crippen LogP contribution in [0.3, 0.4) is 0 Å². The van der Waals surface area contributed by atoms with Crippen LogP contribution in [0.15, 0.2) is 0 Å². The molecule has 0 rings (SSSR count). The van der Waals surface area contributed by atoms with Crippen molar-refractivity contribution in [3.63, 3.8) is 0 Å². The number of hydrogen-bond donors (Lipinski definition) is 8. The van der Waals surface area contributed by atoms with Gasteiger partial charge < -0.3 is 37.4 Å². The van der Waals surface area contributed by atoms with Crippen molar-refractivity contribution >= 4 is 42.4 Å². The van der Waals surface area contributed by atoms with Crippen LogP contribution in [-0.4, -0.2) is 76.0 Å². The van der Waals surface area contributed by atoms with E-state index in [2.05, 4.69) is 29.0 Å². The lowest BCUT2D eigenvalue weighted by molar-refractivity contribution is -0.139. The quantitative estimate of drug-likeness (QED) is 0.177. The second-order valence-corrected chi connectivity index (χ2v) is 4.86. The van der Waals surface area contributed by atoms with Crippen LogP contribution in [0.5, 0.6) is 0 Å². The zero-order valence-electron chi connectivity index (χ0n) is 13.2. The van der Waals surface area contributed by atoms with E-state index in [1.54, 1.807) is 0 Å². The lowest BCUT2D eigenvalue weighted by Crippen LogP contribution is -2.49. The SMILES string of the molecule is NCC(=O)O.N[C@@H](CCC(=O)N[C@@H](CS)C(=O)NCC(=O)O)C(=O)O. The number of carboxylic acid groups (broad SMARTS) is 3. The van der Waals surface area contributed by atoms with Gasteiger partial charge in [0.15, 0.2) is 0 Å². The Balaban J connectivity index is 0. The van der Waals surface area contributed by atoms with Gasteiger partial charge in [-0.3, -0.25) is 24.0 Å². The average Bonchev–Trinajstić information content (AvgIpc) is 2.55. The monoisotopic (exact) mass is 382 g/mol. The summed E-state index contributed by atoms with van der Waals surface area (Å²) in [6.07, 6.45) is -0.235. The van der Waals surface area contributed by atoms with E-state index < -0.39 is 48.4 Å². The number of carboxylic acids is 3. The summed E-state index contributed by atoms with van der Waals surface area (Å²) in [6.45, 7) is -0.844. The minimum Gasteiger partial charge on any atom is -0.480 e. The molecule has 0 unspecified atom stereocenters. The van der Waals surface area contributed by atoms with E-state index >= 15 is 0 Å². The Bertz CT molecular complexity index is 488. The zero-order chi connectivity index (χ0) is 20.0. The molecule has 144 valence electrons. The molecule has 0 saturated heterocycles. The maximum absolute atomic E-state index is 11.5. The molecule has 0 aromatic rings. The summed E-state index contributed by atoms with van der Waals surface area (Å²) in [5, 5.41) is 29.0. The van der Waals surface area contributed by atoms with Crippen LogP contribution in [0.1, 0.15) is 12.8 Å². The first-order valence-corrected chi connectivity index (χ1v) is 7.48. The second kappa shape index (κ2) is 14.0. The molecule has 12 nitrogen and oxygen atoms in total. The van der Waals surface area contributed by atoms with E-state index in [0.717, 1.165) is 0 Å². The summed E-state index contributed by atoms with van der Waals surface area (Å²) in [7, 11) is 0. The normalized spacial score (nSPS) is 12.0. The smallest absolute Gasteiger partial charge is 0.322 e. The Kier molecular flexibility index (Phi) is 13.9. The molecule has 0 radical (unpaired) electrons. The van der Waals surface area contributed by atoms with E-state index in [0.29, 0.717) is 0 Å². The van der Waals surface area contributed by atoms with Crippen molar-refractivity contribution in [2.75, 3.05) is 18.8 Å². The van der Waals surface area contributed by atoms with Crippen molar-refractivity contribution in [3.05, 3.63) is 0 Å². The van der Waals surface area contributed by atoms with Crippen LogP contribution in [0.4, 0.5) is 0 Å². The van der Waals surface area contributed by atoms with Gasteiger partial charge in [0.1, 0.15) is 18.6 Å². The highest BCUT2D eigenvalue weighted by Crippen LogP contribution is 1.97. The second-order valence-electron chi connectivity index (χ2n) is 4.50. The Hall–Kier alpha value is -2.38. The predicted molar refractivity (Wildman–Crippen MR) is 88.0 cm³/mol. The number of carbonyl (C=O) groups excluding carboxylic acids is 2. The van der Waals surface area contributed by atoms with Crippen LogP contribution in [0.2, 0.25) is 0 Å². The largest absolute Gasteiger partial charge is 0.480 e. The van der Waals surface area contributed by atoms with Crippen LogP contribution in [-0.2, 0) is 24.0 Å². The van der Waals surface area contributed by atoms with E-state index in [-0.39, 0.29) is 25.1 Å². The first kappa shape index (κ1) is 24.9. The molecule has 0 aromatic heterocycles. The van der Waals surface area contributed by atoms with Gasteiger partial charge in [0.25, 0.3) is 0 Å². The first-order valence-electron chi connectivity index (χ1n) is 6.85. The highest BCUT2D eigenvalue weighted by Gasteiger charge is 2.20. The molecule has 0 fully saturated rings. The third-order valence-electron chi connectivity index (χ3n) is 2.42. The van der Waals surface area contributed by atoms with Gasteiger partial charge in [-0.05, 0) is 6.42 Å². The third kappa shape index (κ3) is 14.9. The minimum atomic E-state index is -1.22. The fraction of sp³-hybridized carbons (Fsp3) is 0.583. The Labute approximate surface area is 148 Å². The highest BCUT2D eigenvalue weighted by atomic mass is 32.1. The van der Waals surface area contributed by atoms with Gasteiger partial charge in [0.2, 0.25) is 11.8 Å². The molecule has 2 amide bonds. The number of amides is 2. The molecular formula is C12H22N4O8S. The van der Waals surface area contributed by atoms with Gasteiger partial charge in [-0.25, -0.2) is 0 Å². The van der Waals surface area contributed by atoms with Gasteiger partial charge in [0.05, 0.1) is 6.54 Å². The third-order valence-corrected chi connectivity index (χ3v) is 2.79. The molecule has 25 heavy (non-hydrogen) atoms. The Morgan fingerprint density at radius 2 is 1.56 bits per heavy atom. The highest BCUT2D eigenvalue weighted by molar-refractivity contribution is 7.80. The molecule has 0 aliphatic carbocycles. The van der Waals surface area contributed by atoms with Gasteiger partial charge in [-0.1, -0.05) is 0 Å². The number of rotatable bonds is 10. The molecule has 0 spiro atoms. The summed E-state index contributed by atoms with van der Waals surface area (Å²) >= 11 is 3.87. The summed E-state index contributed by atoms with van der Waals surface area (Å²) in [5.74, 6) is -4.67. The molecule has 0 aliphatic rings. The Morgan fingerprint density at radius 3 is 1.92 bits per heavy atom. The zero-order valence-corrected chi connectivity index (χ0v) is 14.1. The summed E-state index contributed by atoms with van der Waals surface area (Å²) in [6, 6.07) is -2.15. The predicted octanol–water partition coefficient (Wildman–Crippen LogP) is -3.18. The summed E-state index contributed by atoms with van der Waals surface area (Å²) in [4.78, 5) is 53.0. The fourth-order valence-electron chi connectivity index (χ4n) is 1.16. The van der Waals surface area contributed by atoms with Crippen LogP contribution >= 0.6 is 12.6 Å². The summed E-state index contributed by atoms with van der Waals surface area (Å²) in [5.41, 5.74) is 9.80. The Morgan fingerprint density at radius 1 is 1.04 bits per heavy atom. The van der Waals surface area contributed by atoms with Gasteiger partial charge in [-0.2, -0.15) is 12.6 Å². The van der Waals surface area contributed by atoms with Crippen LogP contribution in [0, 0.1) is 0 Å². The fourth-order valence-corrected chi connectivity index (χ4v) is 1.41. The van der Waals surface area contributed by atoms with Crippen molar-refractivity contribution in [3.8, 4) is 0 Å². The minimum absolute atomic E-state index is 0.0256. The molecule has 0 bridgehead atoms. The molecule has 0 aliphatic heterocycles. The maximum atomic E-state index is 11.5. The first-order chi connectivity index (χ1) is 11.5. The lowest BCUT2D eigenvalue weighted by Gasteiger charge is -2.16. The van der Waals surface area contributed by atoms with E-state index in [4.69, 9.17) is 21.1 Å². The molecule has 9 N–H and O–H groups in total. The topological polar surface area (TPSA) is 222 Å². The van der Waals surface area contributed by atoms with Gasteiger partial charge in [0, 0.05) is 12.2 Å². The van der Waals surface area contributed by atoms with Crippen molar-refractivity contribution in [2.45, 2.75) is 24.9 Å². The number of thiol groups is 1. The average molecular weight is 382 g/mol. The maximum Gasteiger partial charge on any atom is 0.322 e. The number of aliphatic carboxylic acids is 3. The molecule has 0 saturated carbocycles. The standard InChI is InChI=1S/C10H17N3O6S.C2H5NO2/c11-5(10(18)19)1-2-7(14)13-6(4-20)9(17)12-3-8(15)16;3-1-2(4)5/h5-6,20H,1-4,11H2,(H,12,17)(H,13,14)(H,15,16)(H,18,19);1,3H2,(H,4,5)/t5-,6-;/m0./s1. The van der Waals surface area contributed by atoms with E-state index in [1.807, 2.05) is 0 Å². The lowest BCUT2D eigenvalue weighted by atomic mass is 10.1. The van der Waals surface area contributed by atoms with Crippen LogP contribution < -0.4 is 22.1 Å². The van der Waals surface area contributed by atoms with Crippen molar-refractivity contribution in [1.29, 1.82) is 0 Å². The number of nitrogens with one attached hydrogen (secondary N) is 2. The summed E-state index contributed by atoms with van der Waals surface area (Å²) < 4.78 is 0. The van der Waals surface area contributed by atoms with Crippen molar-refractivity contribution in [2.24, 2.45) is 11.5 Å². The molecule has 0 aromatic carbocycles. The number of carbonyl (C=O) groups is 5. The van der Waals surface area contributed by atoms with E-state index in [9.17, 15) is 24.0 Å².